The van der Waals surface area contributed by atoms with E-state index in [1.807, 2.05) is 4.90 Å². The van der Waals surface area contributed by atoms with E-state index >= 15 is 0 Å². The fourth-order valence-electron chi connectivity index (χ4n) is 2.39. The highest BCUT2D eigenvalue weighted by Gasteiger charge is 2.35. The first-order chi connectivity index (χ1) is 7.33. The van der Waals surface area contributed by atoms with Gasteiger partial charge in [0.25, 0.3) is 0 Å². The fourth-order valence-corrected chi connectivity index (χ4v) is 2.39. The van der Waals surface area contributed by atoms with Crippen LogP contribution in [0.25, 0.3) is 0 Å². The molecule has 4 nitrogen and oxygen atoms in total. The number of ether oxygens (including phenoxy) is 1. The van der Waals surface area contributed by atoms with Gasteiger partial charge in [0.1, 0.15) is 0 Å². The first-order valence-corrected chi connectivity index (χ1v) is 5.94. The summed E-state index contributed by atoms with van der Waals surface area (Å²) in [4.78, 5) is 14.0. The average molecular weight is 212 g/mol. The van der Waals surface area contributed by atoms with Gasteiger partial charge in [-0.15, -0.1) is 0 Å². The van der Waals surface area contributed by atoms with Gasteiger partial charge in [0, 0.05) is 19.3 Å². The number of nitrogens with zero attached hydrogens (tertiary/aromatic N) is 1. The quantitative estimate of drug-likeness (QED) is 0.749. The standard InChI is InChI=1S/C11H20N2O2/c1-2-3-10-11(14)13(8-12-10)9-4-6-15-7-5-9/h9-10,12H,2-8H2,1H3. The molecule has 1 amide bonds. The molecule has 0 aromatic rings. The highest BCUT2D eigenvalue weighted by molar-refractivity contribution is 5.84. The van der Waals surface area contributed by atoms with Crippen LogP contribution in [-0.2, 0) is 9.53 Å². The zero-order chi connectivity index (χ0) is 10.7. The van der Waals surface area contributed by atoms with Crippen LogP contribution in [-0.4, -0.2) is 42.8 Å². The van der Waals surface area contributed by atoms with E-state index in [4.69, 9.17) is 4.74 Å². The van der Waals surface area contributed by atoms with Gasteiger partial charge in [0.15, 0.2) is 0 Å². The number of carbonyl (C=O) groups is 1. The highest BCUT2D eigenvalue weighted by atomic mass is 16.5. The van der Waals surface area contributed by atoms with Crippen molar-refractivity contribution >= 4 is 5.91 Å². The molecule has 0 saturated carbocycles. The van der Waals surface area contributed by atoms with E-state index in [1.165, 1.54) is 0 Å². The van der Waals surface area contributed by atoms with Crippen LogP contribution >= 0.6 is 0 Å². The zero-order valence-corrected chi connectivity index (χ0v) is 9.37. The highest BCUT2D eigenvalue weighted by Crippen LogP contribution is 2.19. The second kappa shape index (κ2) is 4.94. The van der Waals surface area contributed by atoms with Crippen molar-refractivity contribution in [3.05, 3.63) is 0 Å². The summed E-state index contributed by atoms with van der Waals surface area (Å²) in [6.07, 6.45) is 4.00. The predicted molar refractivity (Wildman–Crippen MR) is 57.4 cm³/mol. The molecule has 2 fully saturated rings. The number of rotatable bonds is 3. The minimum absolute atomic E-state index is 0.0674. The molecule has 2 aliphatic rings. The molecule has 2 rings (SSSR count). The Kier molecular flexibility index (Phi) is 3.59. The van der Waals surface area contributed by atoms with E-state index in [2.05, 4.69) is 12.2 Å². The van der Waals surface area contributed by atoms with Crippen molar-refractivity contribution in [2.45, 2.75) is 44.7 Å². The fraction of sp³-hybridized carbons (Fsp3) is 0.909. The van der Waals surface area contributed by atoms with Gasteiger partial charge in [-0.3, -0.25) is 10.1 Å². The summed E-state index contributed by atoms with van der Waals surface area (Å²) >= 11 is 0. The van der Waals surface area contributed by atoms with Crippen molar-refractivity contribution in [3.63, 3.8) is 0 Å². The van der Waals surface area contributed by atoms with Gasteiger partial charge in [-0.25, -0.2) is 0 Å². The maximum absolute atomic E-state index is 12.0. The molecule has 0 aromatic heterocycles. The molecule has 0 aliphatic carbocycles. The summed E-state index contributed by atoms with van der Waals surface area (Å²) in [5.41, 5.74) is 0. The van der Waals surface area contributed by atoms with Gasteiger partial charge in [0.05, 0.1) is 12.7 Å². The summed E-state index contributed by atoms with van der Waals surface area (Å²) in [6, 6.07) is 0.471. The van der Waals surface area contributed by atoms with Crippen LogP contribution in [0, 0.1) is 0 Å². The van der Waals surface area contributed by atoms with Gasteiger partial charge < -0.3 is 9.64 Å². The first-order valence-electron chi connectivity index (χ1n) is 5.94. The minimum Gasteiger partial charge on any atom is -0.381 e. The summed E-state index contributed by atoms with van der Waals surface area (Å²) in [5, 5.41) is 3.29. The SMILES string of the molecule is CCCC1NCN(C2CCOCC2)C1=O. The molecule has 0 bridgehead atoms. The Morgan fingerprint density at radius 2 is 2.20 bits per heavy atom. The number of hydrogen-bond donors (Lipinski definition) is 1. The third-order valence-corrected chi connectivity index (χ3v) is 3.30. The second-order valence-electron chi connectivity index (χ2n) is 4.36. The smallest absolute Gasteiger partial charge is 0.241 e. The van der Waals surface area contributed by atoms with Gasteiger partial charge in [-0.05, 0) is 19.3 Å². The maximum atomic E-state index is 12.0. The van der Waals surface area contributed by atoms with Crippen LogP contribution in [0.1, 0.15) is 32.6 Å². The Balaban J connectivity index is 1.90. The molecular weight excluding hydrogens is 192 g/mol. The van der Waals surface area contributed by atoms with E-state index in [-0.39, 0.29) is 6.04 Å². The van der Waals surface area contributed by atoms with Crippen molar-refractivity contribution in [3.8, 4) is 0 Å². The largest absolute Gasteiger partial charge is 0.381 e. The predicted octanol–water partition coefficient (Wildman–Crippen LogP) is 0.723. The summed E-state index contributed by atoms with van der Waals surface area (Å²) < 4.78 is 5.31. The molecule has 0 spiro atoms. The third-order valence-electron chi connectivity index (χ3n) is 3.30. The van der Waals surface area contributed by atoms with E-state index in [0.717, 1.165) is 45.6 Å². The van der Waals surface area contributed by atoms with Crippen molar-refractivity contribution < 1.29 is 9.53 Å². The molecule has 0 aromatic carbocycles. The van der Waals surface area contributed by atoms with E-state index in [0.29, 0.717) is 11.9 Å². The molecular formula is C11H20N2O2. The van der Waals surface area contributed by atoms with Crippen LogP contribution in [0.2, 0.25) is 0 Å². The lowest BCUT2D eigenvalue weighted by molar-refractivity contribution is -0.132. The van der Waals surface area contributed by atoms with Gasteiger partial charge >= 0.3 is 0 Å². The lowest BCUT2D eigenvalue weighted by atomic mass is 10.1. The normalized spacial score (nSPS) is 28.7. The zero-order valence-electron chi connectivity index (χ0n) is 9.37. The topological polar surface area (TPSA) is 41.6 Å². The van der Waals surface area contributed by atoms with E-state index < -0.39 is 0 Å². The molecule has 1 atom stereocenters. The molecule has 2 heterocycles. The molecule has 2 aliphatic heterocycles. The molecule has 4 heteroatoms. The van der Waals surface area contributed by atoms with Crippen LogP contribution in [0.5, 0.6) is 0 Å². The van der Waals surface area contributed by atoms with Crippen molar-refractivity contribution in [2.24, 2.45) is 0 Å². The molecule has 1 N–H and O–H groups in total. The molecule has 2 saturated heterocycles. The molecule has 0 radical (unpaired) electrons. The Labute approximate surface area is 91.0 Å². The van der Waals surface area contributed by atoms with Crippen molar-refractivity contribution in [2.75, 3.05) is 19.9 Å². The monoisotopic (exact) mass is 212 g/mol. The Bertz CT molecular complexity index is 227. The summed E-state index contributed by atoms with van der Waals surface area (Å²) in [6.45, 7) is 4.44. The number of nitrogens with one attached hydrogen (secondary N) is 1. The van der Waals surface area contributed by atoms with Crippen LogP contribution in [0.4, 0.5) is 0 Å². The van der Waals surface area contributed by atoms with Gasteiger partial charge in [-0.1, -0.05) is 13.3 Å². The second-order valence-corrected chi connectivity index (χ2v) is 4.36. The van der Waals surface area contributed by atoms with E-state index in [1.54, 1.807) is 0 Å². The molecule has 1 unspecified atom stereocenters. The number of amides is 1. The number of carbonyl (C=O) groups excluding carboxylic acids is 1. The first kappa shape index (κ1) is 10.9. The molecule has 86 valence electrons. The Morgan fingerprint density at radius 1 is 1.47 bits per heavy atom. The van der Waals surface area contributed by atoms with E-state index in [9.17, 15) is 4.79 Å². The summed E-state index contributed by atoms with van der Waals surface area (Å²) in [5.74, 6) is 0.295. The van der Waals surface area contributed by atoms with Crippen LogP contribution in [0.15, 0.2) is 0 Å². The Morgan fingerprint density at radius 3 is 2.87 bits per heavy atom. The Hall–Kier alpha value is -0.610. The minimum atomic E-state index is 0.0674. The lowest BCUT2D eigenvalue weighted by Crippen LogP contribution is -2.41. The maximum Gasteiger partial charge on any atom is 0.241 e. The average Bonchev–Trinajstić information content (AvgIpc) is 2.63. The molecule has 15 heavy (non-hydrogen) atoms. The third kappa shape index (κ3) is 2.32. The summed E-state index contributed by atoms with van der Waals surface area (Å²) in [7, 11) is 0. The van der Waals surface area contributed by atoms with Crippen molar-refractivity contribution in [1.82, 2.24) is 10.2 Å². The van der Waals surface area contributed by atoms with Crippen LogP contribution in [0.3, 0.4) is 0 Å². The number of hydrogen-bond acceptors (Lipinski definition) is 3. The van der Waals surface area contributed by atoms with Gasteiger partial charge in [0.2, 0.25) is 5.91 Å². The lowest BCUT2D eigenvalue weighted by Gasteiger charge is -2.30. The van der Waals surface area contributed by atoms with Crippen molar-refractivity contribution in [1.29, 1.82) is 0 Å². The van der Waals surface area contributed by atoms with Crippen LogP contribution < -0.4 is 5.32 Å². The van der Waals surface area contributed by atoms with Gasteiger partial charge in [-0.2, -0.15) is 0 Å².